The number of carbonyl (C=O) groups excluding carboxylic acids is 1. The second-order valence-corrected chi connectivity index (χ2v) is 4.98. The molecule has 2 atom stereocenters. The van der Waals surface area contributed by atoms with Crippen molar-refractivity contribution in [2.24, 2.45) is 0 Å². The Bertz CT molecular complexity index is 608. The Morgan fingerprint density at radius 3 is 3.00 bits per heavy atom. The highest BCUT2D eigenvalue weighted by atomic mass is 16.5. The van der Waals surface area contributed by atoms with Crippen LogP contribution in [-0.4, -0.2) is 24.2 Å². The first-order chi connectivity index (χ1) is 10.3. The Morgan fingerprint density at radius 1 is 1.33 bits per heavy atom. The minimum absolute atomic E-state index is 0.0916. The lowest BCUT2D eigenvalue weighted by atomic mass is 9.97. The average Bonchev–Trinajstić information content (AvgIpc) is 3.06. The van der Waals surface area contributed by atoms with Gasteiger partial charge in [-0.1, -0.05) is 24.3 Å². The lowest BCUT2D eigenvalue weighted by Gasteiger charge is -2.25. The first-order valence-corrected chi connectivity index (χ1v) is 6.94. The van der Waals surface area contributed by atoms with Gasteiger partial charge in [0.1, 0.15) is 11.9 Å². The molecule has 1 aliphatic rings. The van der Waals surface area contributed by atoms with Crippen molar-refractivity contribution in [2.45, 2.75) is 18.6 Å². The van der Waals surface area contributed by atoms with E-state index in [2.05, 4.69) is 5.32 Å². The van der Waals surface area contributed by atoms with Gasteiger partial charge in [0.25, 0.3) is 5.91 Å². The fourth-order valence-electron chi connectivity index (χ4n) is 2.48. The van der Waals surface area contributed by atoms with Gasteiger partial charge in [-0.05, 0) is 29.7 Å². The van der Waals surface area contributed by atoms with Crippen molar-refractivity contribution >= 4 is 5.91 Å². The molecule has 3 rings (SSSR count). The Hall–Kier alpha value is -2.11. The molecule has 1 aromatic heterocycles. The van der Waals surface area contributed by atoms with Crippen LogP contribution in [0.2, 0.25) is 0 Å². The standard InChI is InChI=1S/C16H17NO4/c18-13(14-6-3-8-20-14)10-17-16(19)15-12-5-2-1-4-11(12)7-9-21-15/h1-6,8,13,15,18H,7,9-10H2,(H,17,19). The predicted molar refractivity (Wildman–Crippen MR) is 75.5 cm³/mol. The molecule has 5 heteroatoms. The number of ether oxygens (including phenoxy) is 1. The molecule has 2 aromatic rings. The molecule has 0 fully saturated rings. The van der Waals surface area contributed by atoms with Gasteiger partial charge in [-0.25, -0.2) is 0 Å². The molecule has 1 aliphatic heterocycles. The molecule has 5 nitrogen and oxygen atoms in total. The highest BCUT2D eigenvalue weighted by molar-refractivity contribution is 5.82. The molecular weight excluding hydrogens is 270 g/mol. The number of carbonyl (C=O) groups is 1. The van der Waals surface area contributed by atoms with Crippen molar-refractivity contribution in [3.05, 3.63) is 59.5 Å². The topological polar surface area (TPSA) is 71.7 Å². The van der Waals surface area contributed by atoms with Gasteiger partial charge in [0.2, 0.25) is 0 Å². The maximum atomic E-state index is 12.3. The van der Waals surface area contributed by atoms with E-state index in [1.165, 1.54) is 6.26 Å². The molecule has 0 saturated carbocycles. The van der Waals surface area contributed by atoms with E-state index >= 15 is 0 Å². The Balaban J connectivity index is 1.64. The quantitative estimate of drug-likeness (QED) is 0.898. The van der Waals surface area contributed by atoms with E-state index in [0.29, 0.717) is 12.4 Å². The van der Waals surface area contributed by atoms with E-state index in [0.717, 1.165) is 17.5 Å². The van der Waals surface area contributed by atoms with E-state index < -0.39 is 12.2 Å². The minimum Gasteiger partial charge on any atom is -0.467 e. The highest BCUT2D eigenvalue weighted by Gasteiger charge is 2.27. The molecule has 0 bridgehead atoms. The fraction of sp³-hybridized carbons (Fsp3) is 0.312. The summed E-state index contributed by atoms with van der Waals surface area (Å²) in [5.74, 6) is 0.188. The number of furan rings is 1. The van der Waals surface area contributed by atoms with Crippen molar-refractivity contribution in [2.75, 3.05) is 13.2 Å². The van der Waals surface area contributed by atoms with Crippen molar-refractivity contribution < 1.29 is 19.1 Å². The van der Waals surface area contributed by atoms with E-state index in [-0.39, 0.29) is 12.5 Å². The van der Waals surface area contributed by atoms with Gasteiger partial charge >= 0.3 is 0 Å². The zero-order valence-electron chi connectivity index (χ0n) is 11.5. The summed E-state index contributed by atoms with van der Waals surface area (Å²) >= 11 is 0. The Morgan fingerprint density at radius 2 is 2.19 bits per heavy atom. The Labute approximate surface area is 122 Å². The average molecular weight is 287 g/mol. The van der Waals surface area contributed by atoms with Crippen LogP contribution in [0.1, 0.15) is 29.1 Å². The van der Waals surface area contributed by atoms with Crippen molar-refractivity contribution in [3.8, 4) is 0 Å². The lowest BCUT2D eigenvalue weighted by Crippen LogP contribution is -2.36. The first-order valence-electron chi connectivity index (χ1n) is 6.94. The maximum absolute atomic E-state index is 12.3. The van der Waals surface area contributed by atoms with E-state index in [4.69, 9.17) is 9.15 Å². The predicted octanol–water partition coefficient (Wildman–Crippen LogP) is 1.74. The second kappa shape index (κ2) is 6.11. The smallest absolute Gasteiger partial charge is 0.253 e. The molecule has 2 N–H and O–H groups in total. The van der Waals surface area contributed by atoms with Crippen molar-refractivity contribution in [1.82, 2.24) is 5.32 Å². The van der Waals surface area contributed by atoms with Gasteiger partial charge in [-0.3, -0.25) is 4.79 Å². The lowest BCUT2D eigenvalue weighted by molar-refractivity contribution is -0.134. The summed E-state index contributed by atoms with van der Waals surface area (Å²) in [6.07, 6.45) is 0.831. The summed E-state index contributed by atoms with van der Waals surface area (Å²) in [7, 11) is 0. The van der Waals surface area contributed by atoms with Crippen LogP contribution < -0.4 is 5.32 Å². The molecule has 1 amide bonds. The SMILES string of the molecule is O=C(NCC(O)c1ccco1)C1OCCc2ccccc21. The maximum Gasteiger partial charge on any atom is 0.253 e. The zero-order valence-corrected chi connectivity index (χ0v) is 11.5. The number of benzene rings is 1. The van der Waals surface area contributed by atoms with Crippen molar-refractivity contribution in [1.29, 1.82) is 0 Å². The highest BCUT2D eigenvalue weighted by Crippen LogP contribution is 2.27. The van der Waals surface area contributed by atoms with Gasteiger partial charge < -0.3 is 19.6 Å². The van der Waals surface area contributed by atoms with Crippen LogP contribution in [0.15, 0.2) is 47.1 Å². The molecule has 0 aliphatic carbocycles. The Kier molecular flexibility index (Phi) is 4.03. The zero-order chi connectivity index (χ0) is 14.7. The number of aliphatic hydroxyl groups excluding tert-OH is 1. The molecule has 2 heterocycles. The van der Waals surface area contributed by atoms with E-state index in [1.807, 2.05) is 24.3 Å². The summed E-state index contributed by atoms with van der Waals surface area (Å²) in [6, 6.07) is 11.1. The van der Waals surface area contributed by atoms with Gasteiger partial charge in [-0.2, -0.15) is 0 Å². The monoisotopic (exact) mass is 287 g/mol. The van der Waals surface area contributed by atoms with E-state index in [1.54, 1.807) is 12.1 Å². The largest absolute Gasteiger partial charge is 0.467 e. The van der Waals surface area contributed by atoms with E-state index in [9.17, 15) is 9.90 Å². The summed E-state index contributed by atoms with van der Waals surface area (Å²) in [5, 5.41) is 12.6. The summed E-state index contributed by atoms with van der Waals surface area (Å²) < 4.78 is 10.7. The van der Waals surface area contributed by atoms with Crippen LogP contribution >= 0.6 is 0 Å². The van der Waals surface area contributed by atoms with Crippen LogP contribution in [0, 0.1) is 0 Å². The second-order valence-electron chi connectivity index (χ2n) is 4.98. The molecule has 1 aromatic carbocycles. The summed E-state index contributed by atoms with van der Waals surface area (Å²) in [4.78, 5) is 12.3. The van der Waals surface area contributed by atoms with Crippen LogP contribution in [0.4, 0.5) is 0 Å². The third-order valence-electron chi connectivity index (χ3n) is 3.57. The molecule has 110 valence electrons. The normalized spacial score (nSPS) is 18.8. The van der Waals surface area contributed by atoms with Gasteiger partial charge in [0.15, 0.2) is 6.10 Å². The van der Waals surface area contributed by atoms with Crippen LogP contribution in [0.3, 0.4) is 0 Å². The number of aliphatic hydroxyl groups is 1. The van der Waals surface area contributed by atoms with Gasteiger partial charge in [-0.15, -0.1) is 0 Å². The summed E-state index contributed by atoms with van der Waals surface area (Å²) in [5.41, 5.74) is 2.03. The number of nitrogens with one attached hydrogen (secondary N) is 1. The van der Waals surface area contributed by atoms with Crippen LogP contribution in [0.25, 0.3) is 0 Å². The third-order valence-corrected chi connectivity index (χ3v) is 3.57. The molecule has 0 spiro atoms. The minimum atomic E-state index is -0.859. The fourth-order valence-corrected chi connectivity index (χ4v) is 2.48. The molecule has 21 heavy (non-hydrogen) atoms. The molecule has 2 unspecified atom stereocenters. The number of fused-ring (bicyclic) bond motifs is 1. The van der Waals surface area contributed by atoms with Gasteiger partial charge in [0, 0.05) is 0 Å². The van der Waals surface area contributed by atoms with Gasteiger partial charge in [0.05, 0.1) is 19.4 Å². The number of hydrogen-bond donors (Lipinski definition) is 2. The number of amides is 1. The van der Waals surface area contributed by atoms with Crippen LogP contribution in [0.5, 0.6) is 0 Å². The summed E-state index contributed by atoms with van der Waals surface area (Å²) in [6.45, 7) is 0.615. The molecular formula is C16H17NO4. The molecule has 0 saturated heterocycles. The third kappa shape index (κ3) is 2.99. The first kappa shape index (κ1) is 13.9. The molecule has 0 radical (unpaired) electrons. The van der Waals surface area contributed by atoms with Crippen LogP contribution in [-0.2, 0) is 16.0 Å². The number of hydrogen-bond acceptors (Lipinski definition) is 4. The number of rotatable bonds is 4. The van der Waals surface area contributed by atoms with Crippen molar-refractivity contribution in [3.63, 3.8) is 0 Å².